The zero-order chi connectivity index (χ0) is 31.9. The van der Waals surface area contributed by atoms with Crippen LogP contribution in [0.2, 0.25) is 0 Å². The van der Waals surface area contributed by atoms with Crippen LogP contribution >= 0.6 is 0 Å². The Labute approximate surface area is 277 Å². The number of benzene rings is 8. The Balaban J connectivity index is 1.44. The van der Waals surface area contributed by atoms with Crippen LogP contribution in [-0.4, -0.2) is 0 Å². The largest absolute Gasteiger partial charge is 0.0619 e. The summed E-state index contributed by atoms with van der Waals surface area (Å²) in [6, 6.07) is 54.6. The highest BCUT2D eigenvalue weighted by Crippen LogP contribution is 2.54. The van der Waals surface area contributed by atoms with Gasteiger partial charge in [-0.1, -0.05) is 153 Å². The highest BCUT2D eigenvalue weighted by Gasteiger charge is 2.37. The summed E-state index contributed by atoms with van der Waals surface area (Å²) < 4.78 is 0. The van der Waals surface area contributed by atoms with Crippen LogP contribution in [0, 0.1) is 13.8 Å². The zero-order valence-electron chi connectivity index (χ0n) is 27.4. The standard InChI is InChI=1S/C47H36/c1-29-20-24-35(30(2)26-29)44-36-14-7-8-15-37(36)45(40-17-11-19-43-46(40)39-16-9-10-18-42(39)47(43,3)4)41-28-34(23-25-38(41)44)33-22-21-31-12-5-6-13-32(31)27-33/h5-28H,1-4H3. The first-order chi connectivity index (χ1) is 22.9. The Bertz CT molecular complexity index is 2560. The van der Waals surface area contributed by atoms with Crippen LogP contribution in [0.25, 0.3) is 76.8 Å². The van der Waals surface area contributed by atoms with Crippen LogP contribution in [0.3, 0.4) is 0 Å². The van der Waals surface area contributed by atoms with Crippen LogP contribution in [0.5, 0.6) is 0 Å². The monoisotopic (exact) mass is 600 g/mol. The Morgan fingerprint density at radius 2 is 1.00 bits per heavy atom. The van der Waals surface area contributed by atoms with Crippen molar-refractivity contribution in [1.82, 2.24) is 0 Å². The fourth-order valence-electron chi connectivity index (χ4n) is 8.36. The van der Waals surface area contributed by atoms with Gasteiger partial charge in [-0.2, -0.15) is 0 Å². The summed E-state index contributed by atoms with van der Waals surface area (Å²) in [5.74, 6) is 0. The summed E-state index contributed by atoms with van der Waals surface area (Å²) in [5, 5.41) is 7.70. The normalized spacial score (nSPS) is 13.3. The zero-order valence-corrected chi connectivity index (χ0v) is 27.4. The molecule has 0 heterocycles. The van der Waals surface area contributed by atoms with E-state index in [2.05, 4.69) is 173 Å². The van der Waals surface area contributed by atoms with E-state index in [9.17, 15) is 0 Å². The molecule has 0 unspecified atom stereocenters. The second-order valence-corrected chi connectivity index (χ2v) is 13.8. The Kier molecular flexibility index (Phi) is 6.08. The minimum Gasteiger partial charge on any atom is -0.0619 e. The summed E-state index contributed by atoms with van der Waals surface area (Å²) in [7, 11) is 0. The van der Waals surface area contributed by atoms with Gasteiger partial charge in [0.05, 0.1) is 0 Å². The van der Waals surface area contributed by atoms with Crippen LogP contribution in [0.15, 0.2) is 146 Å². The first-order valence-electron chi connectivity index (χ1n) is 16.7. The van der Waals surface area contributed by atoms with Crippen molar-refractivity contribution in [2.24, 2.45) is 0 Å². The molecule has 0 atom stereocenters. The smallest absolute Gasteiger partial charge is 0.0159 e. The average molecular weight is 601 g/mol. The lowest BCUT2D eigenvalue weighted by Gasteiger charge is -2.23. The van der Waals surface area contributed by atoms with Crippen molar-refractivity contribution < 1.29 is 0 Å². The van der Waals surface area contributed by atoms with Crippen molar-refractivity contribution >= 4 is 32.3 Å². The molecule has 0 aromatic heterocycles. The Morgan fingerprint density at radius 3 is 1.81 bits per heavy atom. The van der Waals surface area contributed by atoms with Gasteiger partial charge in [0, 0.05) is 5.41 Å². The summed E-state index contributed by atoms with van der Waals surface area (Å²) in [6.45, 7) is 9.18. The van der Waals surface area contributed by atoms with E-state index >= 15 is 0 Å². The van der Waals surface area contributed by atoms with Crippen molar-refractivity contribution in [3.63, 3.8) is 0 Å². The molecule has 47 heavy (non-hydrogen) atoms. The number of rotatable bonds is 3. The van der Waals surface area contributed by atoms with E-state index in [1.165, 1.54) is 99.1 Å². The second-order valence-electron chi connectivity index (χ2n) is 13.8. The van der Waals surface area contributed by atoms with Crippen molar-refractivity contribution in [1.29, 1.82) is 0 Å². The SMILES string of the molecule is Cc1ccc(-c2c3ccccc3c(-c3cccc4c3-c3ccccc3C4(C)C)c3cc(-c4ccc5ccccc5c4)ccc23)c(C)c1. The molecule has 0 amide bonds. The summed E-state index contributed by atoms with van der Waals surface area (Å²) in [5.41, 5.74) is 15.8. The molecule has 0 spiro atoms. The first kappa shape index (κ1) is 27.8. The Hall–Kier alpha value is -5.46. The van der Waals surface area contributed by atoms with E-state index in [0.29, 0.717) is 0 Å². The fourth-order valence-corrected chi connectivity index (χ4v) is 8.36. The van der Waals surface area contributed by atoms with Crippen molar-refractivity contribution in [2.45, 2.75) is 33.1 Å². The molecule has 0 nitrogen and oxygen atoms in total. The van der Waals surface area contributed by atoms with Gasteiger partial charge in [0.15, 0.2) is 0 Å². The second kappa shape index (κ2) is 10.3. The van der Waals surface area contributed by atoms with Gasteiger partial charge < -0.3 is 0 Å². The molecule has 0 saturated carbocycles. The molecule has 0 bridgehead atoms. The molecule has 0 aliphatic heterocycles. The maximum absolute atomic E-state index is 2.46. The molecular formula is C47H36. The van der Waals surface area contributed by atoms with Crippen LogP contribution in [0.4, 0.5) is 0 Å². The average Bonchev–Trinajstić information content (AvgIpc) is 3.33. The van der Waals surface area contributed by atoms with E-state index < -0.39 is 0 Å². The number of hydrogen-bond donors (Lipinski definition) is 0. The van der Waals surface area contributed by atoms with Crippen LogP contribution < -0.4 is 0 Å². The van der Waals surface area contributed by atoms with E-state index in [-0.39, 0.29) is 5.41 Å². The maximum Gasteiger partial charge on any atom is 0.0159 e. The van der Waals surface area contributed by atoms with E-state index in [0.717, 1.165) is 0 Å². The van der Waals surface area contributed by atoms with Crippen molar-refractivity contribution in [2.75, 3.05) is 0 Å². The molecule has 8 aromatic carbocycles. The van der Waals surface area contributed by atoms with E-state index in [1.807, 2.05) is 0 Å². The van der Waals surface area contributed by atoms with Gasteiger partial charge in [0.1, 0.15) is 0 Å². The minimum atomic E-state index is -0.0667. The number of hydrogen-bond acceptors (Lipinski definition) is 0. The third-order valence-corrected chi connectivity index (χ3v) is 10.6. The van der Waals surface area contributed by atoms with Crippen LogP contribution in [0.1, 0.15) is 36.1 Å². The molecule has 0 radical (unpaired) electrons. The lowest BCUT2D eigenvalue weighted by Crippen LogP contribution is -2.14. The van der Waals surface area contributed by atoms with Crippen molar-refractivity contribution in [3.8, 4) is 44.5 Å². The first-order valence-corrected chi connectivity index (χ1v) is 16.7. The predicted octanol–water partition coefficient (Wildman–Crippen LogP) is 13.1. The number of fused-ring (bicyclic) bond motifs is 6. The predicted molar refractivity (Wildman–Crippen MR) is 202 cm³/mol. The van der Waals surface area contributed by atoms with Crippen molar-refractivity contribution in [3.05, 3.63) is 168 Å². The van der Waals surface area contributed by atoms with Gasteiger partial charge in [0.2, 0.25) is 0 Å². The van der Waals surface area contributed by atoms with Gasteiger partial charge in [-0.05, 0) is 119 Å². The van der Waals surface area contributed by atoms with E-state index in [1.54, 1.807) is 0 Å². The van der Waals surface area contributed by atoms with Gasteiger partial charge in [-0.3, -0.25) is 0 Å². The molecule has 0 saturated heterocycles. The van der Waals surface area contributed by atoms with Gasteiger partial charge in [0.25, 0.3) is 0 Å². The number of aryl methyl sites for hydroxylation is 2. The quantitative estimate of drug-likeness (QED) is 0.177. The molecule has 0 fully saturated rings. The minimum absolute atomic E-state index is 0.0667. The molecule has 1 aliphatic rings. The van der Waals surface area contributed by atoms with Gasteiger partial charge >= 0.3 is 0 Å². The summed E-state index contributed by atoms with van der Waals surface area (Å²) in [6.07, 6.45) is 0. The molecule has 8 aromatic rings. The summed E-state index contributed by atoms with van der Waals surface area (Å²) >= 11 is 0. The van der Waals surface area contributed by atoms with Crippen LogP contribution in [-0.2, 0) is 5.41 Å². The third kappa shape index (κ3) is 4.14. The van der Waals surface area contributed by atoms with Gasteiger partial charge in [-0.25, -0.2) is 0 Å². The Morgan fingerprint density at radius 1 is 0.383 bits per heavy atom. The lowest BCUT2D eigenvalue weighted by atomic mass is 9.80. The molecule has 1 aliphatic carbocycles. The highest BCUT2D eigenvalue weighted by atomic mass is 14.4. The molecule has 0 N–H and O–H groups in total. The highest BCUT2D eigenvalue weighted by molar-refractivity contribution is 6.23. The molecular weight excluding hydrogens is 565 g/mol. The maximum atomic E-state index is 2.46. The molecule has 224 valence electrons. The van der Waals surface area contributed by atoms with E-state index in [4.69, 9.17) is 0 Å². The lowest BCUT2D eigenvalue weighted by molar-refractivity contribution is 0.660. The molecule has 0 heteroatoms. The third-order valence-electron chi connectivity index (χ3n) is 10.6. The van der Waals surface area contributed by atoms with Gasteiger partial charge in [-0.15, -0.1) is 0 Å². The summed E-state index contributed by atoms with van der Waals surface area (Å²) in [4.78, 5) is 0. The fraction of sp³-hybridized carbons (Fsp3) is 0.106. The topological polar surface area (TPSA) is 0 Å². The molecule has 9 rings (SSSR count).